The van der Waals surface area contributed by atoms with Crippen LogP contribution in [0.2, 0.25) is 0 Å². The summed E-state index contributed by atoms with van der Waals surface area (Å²) < 4.78 is 23.5. The van der Waals surface area contributed by atoms with Gasteiger partial charge < -0.3 is 10.8 Å². The standard InChI is InChI=1S/C10H15NO3S/c1-7-3-4-9(8(2)5-7)15(13,14)10(12)6-11/h3-5,10,12H,6,11H2,1-2H3. The van der Waals surface area contributed by atoms with Crippen molar-refractivity contribution in [3.8, 4) is 0 Å². The van der Waals surface area contributed by atoms with Gasteiger partial charge in [-0.25, -0.2) is 8.42 Å². The molecule has 0 aliphatic carbocycles. The van der Waals surface area contributed by atoms with E-state index in [4.69, 9.17) is 5.73 Å². The molecule has 0 fully saturated rings. The van der Waals surface area contributed by atoms with Gasteiger partial charge in [0.2, 0.25) is 9.84 Å². The average Bonchev–Trinajstić information content (AvgIpc) is 2.15. The third-order valence-electron chi connectivity index (χ3n) is 2.20. The van der Waals surface area contributed by atoms with Crippen LogP contribution in [0.15, 0.2) is 23.1 Å². The predicted molar refractivity (Wildman–Crippen MR) is 58.2 cm³/mol. The Morgan fingerprint density at radius 1 is 1.40 bits per heavy atom. The molecule has 0 aliphatic rings. The van der Waals surface area contributed by atoms with Crippen molar-refractivity contribution in [2.45, 2.75) is 24.2 Å². The molecule has 3 N–H and O–H groups in total. The number of rotatable bonds is 3. The van der Waals surface area contributed by atoms with Gasteiger partial charge >= 0.3 is 0 Å². The highest BCUT2D eigenvalue weighted by atomic mass is 32.2. The quantitative estimate of drug-likeness (QED) is 0.784. The van der Waals surface area contributed by atoms with Gasteiger partial charge in [0.1, 0.15) is 0 Å². The van der Waals surface area contributed by atoms with E-state index in [-0.39, 0.29) is 11.4 Å². The van der Waals surface area contributed by atoms with Crippen LogP contribution < -0.4 is 5.73 Å². The lowest BCUT2D eigenvalue weighted by Crippen LogP contribution is -2.29. The molecule has 15 heavy (non-hydrogen) atoms. The van der Waals surface area contributed by atoms with Gasteiger partial charge in [-0.2, -0.15) is 0 Å². The summed E-state index contributed by atoms with van der Waals surface area (Å²) in [6.45, 7) is 3.28. The first-order valence-corrected chi connectivity index (χ1v) is 6.13. The third-order valence-corrected chi connectivity index (χ3v) is 4.18. The van der Waals surface area contributed by atoms with Gasteiger partial charge in [0, 0.05) is 6.54 Å². The summed E-state index contributed by atoms with van der Waals surface area (Å²) in [5, 5.41) is 9.32. The normalized spacial score (nSPS) is 13.9. The van der Waals surface area contributed by atoms with E-state index in [1.54, 1.807) is 19.1 Å². The molecule has 0 amide bonds. The van der Waals surface area contributed by atoms with E-state index in [1.807, 2.05) is 6.92 Å². The van der Waals surface area contributed by atoms with Gasteiger partial charge in [-0.05, 0) is 25.5 Å². The summed E-state index contributed by atoms with van der Waals surface area (Å²) in [6.07, 6.45) is 0. The van der Waals surface area contributed by atoms with E-state index < -0.39 is 15.3 Å². The molecule has 1 aromatic carbocycles. The lowest BCUT2D eigenvalue weighted by Gasteiger charge is -2.12. The number of benzene rings is 1. The van der Waals surface area contributed by atoms with Crippen molar-refractivity contribution in [3.63, 3.8) is 0 Å². The molecule has 0 spiro atoms. The molecule has 5 heteroatoms. The molecule has 0 radical (unpaired) electrons. The molecule has 1 unspecified atom stereocenters. The van der Waals surface area contributed by atoms with Crippen LogP contribution in [0.3, 0.4) is 0 Å². The molecular formula is C10H15NO3S. The zero-order valence-electron chi connectivity index (χ0n) is 8.77. The zero-order valence-corrected chi connectivity index (χ0v) is 9.58. The average molecular weight is 229 g/mol. The van der Waals surface area contributed by atoms with Crippen LogP contribution in [0, 0.1) is 13.8 Å². The van der Waals surface area contributed by atoms with Gasteiger partial charge in [-0.1, -0.05) is 17.7 Å². The first-order valence-electron chi connectivity index (χ1n) is 4.59. The van der Waals surface area contributed by atoms with Crippen LogP contribution in [-0.4, -0.2) is 25.5 Å². The monoisotopic (exact) mass is 229 g/mol. The molecule has 0 heterocycles. The van der Waals surface area contributed by atoms with Crippen LogP contribution in [0.1, 0.15) is 11.1 Å². The number of aryl methyl sites for hydroxylation is 2. The van der Waals surface area contributed by atoms with Crippen LogP contribution in [0.25, 0.3) is 0 Å². The predicted octanol–water partition coefficient (Wildman–Crippen LogP) is 0.354. The highest BCUT2D eigenvalue weighted by Gasteiger charge is 2.25. The maximum Gasteiger partial charge on any atom is 0.206 e. The number of nitrogens with two attached hydrogens (primary N) is 1. The smallest absolute Gasteiger partial charge is 0.206 e. The lowest BCUT2D eigenvalue weighted by molar-refractivity contribution is 0.256. The van der Waals surface area contributed by atoms with E-state index in [0.29, 0.717) is 5.56 Å². The number of aliphatic hydroxyl groups is 1. The second kappa shape index (κ2) is 4.30. The first-order chi connectivity index (χ1) is 6.89. The van der Waals surface area contributed by atoms with Gasteiger partial charge in [0.05, 0.1) is 4.90 Å². The largest absolute Gasteiger partial charge is 0.376 e. The molecule has 1 rings (SSSR count). The van der Waals surface area contributed by atoms with Gasteiger partial charge in [0.25, 0.3) is 0 Å². The maximum atomic E-state index is 11.8. The fourth-order valence-electron chi connectivity index (χ4n) is 1.39. The van der Waals surface area contributed by atoms with E-state index in [2.05, 4.69) is 0 Å². The Hall–Kier alpha value is -0.910. The minimum Gasteiger partial charge on any atom is -0.376 e. The highest BCUT2D eigenvalue weighted by molar-refractivity contribution is 7.92. The molecule has 0 aromatic heterocycles. The summed E-state index contributed by atoms with van der Waals surface area (Å²) in [5.74, 6) is 0. The highest BCUT2D eigenvalue weighted by Crippen LogP contribution is 2.19. The second-order valence-electron chi connectivity index (χ2n) is 3.50. The molecule has 0 saturated carbocycles. The number of hydrogen-bond acceptors (Lipinski definition) is 4. The van der Waals surface area contributed by atoms with Crippen molar-refractivity contribution in [3.05, 3.63) is 29.3 Å². The molecule has 1 aromatic rings. The van der Waals surface area contributed by atoms with E-state index >= 15 is 0 Å². The SMILES string of the molecule is Cc1ccc(S(=O)(=O)C(O)CN)c(C)c1. The molecular weight excluding hydrogens is 214 g/mol. The van der Waals surface area contributed by atoms with Gasteiger partial charge in [0.15, 0.2) is 5.44 Å². The molecule has 0 aliphatic heterocycles. The Balaban J connectivity index is 3.28. The van der Waals surface area contributed by atoms with Crippen molar-refractivity contribution < 1.29 is 13.5 Å². The maximum absolute atomic E-state index is 11.8. The van der Waals surface area contributed by atoms with Crippen molar-refractivity contribution in [2.24, 2.45) is 5.73 Å². The molecule has 4 nitrogen and oxygen atoms in total. The molecule has 0 saturated heterocycles. The zero-order chi connectivity index (χ0) is 11.6. The Morgan fingerprint density at radius 3 is 2.47 bits per heavy atom. The van der Waals surface area contributed by atoms with Crippen molar-refractivity contribution >= 4 is 9.84 Å². The fourth-order valence-corrected chi connectivity index (χ4v) is 2.70. The van der Waals surface area contributed by atoms with Crippen molar-refractivity contribution in [1.29, 1.82) is 0 Å². The second-order valence-corrected chi connectivity index (χ2v) is 5.58. The first kappa shape index (κ1) is 12.2. The summed E-state index contributed by atoms with van der Waals surface area (Å²) >= 11 is 0. The molecule has 1 atom stereocenters. The topological polar surface area (TPSA) is 80.4 Å². The fraction of sp³-hybridized carbons (Fsp3) is 0.400. The van der Waals surface area contributed by atoms with Crippen molar-refractivity contribution in [2.75, 3.05) is 6.54 Å². The van der Waals surface area contributed by atoms with Gasteiger partial charge in [-0.15, -0.1) is 0 Å². The van der Waals surface area contributed by atoms with Crippen LogP contribution >= 0.6 is 0 Å². The summed E-state index contributed by atoms with van der Waals surface area (Å²) in [5.41, 5.74) is 5.23. The Labute approximate surface area is 89.7 Å². The van der Waals surface area contributed by atoms with Crippen LogP contribution in [-0.2, 0) is 9.84 Å². The summed E-state index contributed by atoms with van der Waals surface area (Å²) in [6, 6.07) is 4.96. The Kier molecular flexibility index (Phi) is 3.49. The summed E-state index contributed by atoms with van der Waals surface area (Å²) in [4.78, 5) is 0.144. The lowest BCUT2D eigenvalue weighted by atomic mass is 10.2. The minimum atomic E-state index is -3.71. The van der Waals surface area contributed by atoms with Gasteiger partial charge in [-0.3, -0.25) is 0 Å². The summed E-state index contributed by atoms with van der Waals surface area (Å²) in [7, 11) is -3.71. The number of sulfone groups is 1. The van der Waals surface area contributed by atoms with E-state index in [0.717, 1.165) is 5.56 Å². The molecule has 84 valence electrons. The number of hydrogen-bond donors (Lipinski definition) is 2. The van der Waals surface area contributed by atoms with E-state index in [9.17, 15) is 13.5 Å². The minimum absolute atomic E-state index is 0.144. The number of aliphatic hydroxyl groups excluding tert-OH is 1. The Morgan fingerprint density at radius 2 is 2.00 bits per heavy atom. The third kappa shape index (κ3) is 2.37. The van der Waals surface area contributed by atoms with Crippen molar-refractivity contribution in [1.82, 2.24) is 0 Å². The van der Waals surface area contributed by atoms with E-state index in [1.165, 1.54) is 6.07 Å². The Bertz CT molecular complexity index is 454. The van der Waals surface area contributed by atoms with Crippen LogP contribution in [0.5, 0.6) is 0 Å². The van der Waals surface area contributed by atoms with Crippen LogP contribution in [0.4, 0.5) is 0 Å². The molecule has 0 bridgehead atoms.